The van der Waals surface area contributed by atoms with Crippen LogP contribution in [0.2, 0.25) is 5.02 Å². The predicted octanol–water partition coefficient (Wildman–Crippen LogP) is 4.12. The number of nitrogens with one attached hydrogen (secondary N) is 1. The summed E-state index contributed by atoms with van der Waals surface area (Å²) in [7, 11) is 1.56. The van der Waals surface area contributed by atoms with Gasteiger partial charge in [-0.25, -0.2) is 0 Å². The Morgan fingerprint density at radius 1 is 1.26 bits per heavy atom. The number of ether oxygens (including phenoxy) is 1. The first-order valence-electron chi connectivity index (χ1n) is 7.48. The fraction of sp³-hybridized carbons (Fsp3) is 0.278. The van der Waals surface area contributed by atoms with Gasteiger partial charge in [-0.15, -0.1) is 0 Å². The summed E-state index contributed by atoms with van der Waals surface area (Å²) in [6.07, 6.45) is 0. The third-order valence-electron chi connectivity index (χ3n) is 3.52. The second kappa shape index (κ2) is 7.88. The van der Waals surface area contributed by atoms with E-state index >= 15 is 0 Å². The molecule has 5 heteroatoms. The first-order valence-corrected chi connectivity index (χ1v) is 7.86. The number of amides is 1. The van der Waals surface area contributed by atoms with E-state index in [1.54, 1.807) is 25.3 Å². The van der Waals surface area contributed by atoms with Crippen LogP contribution in [0.15, 0.2) is 42.5 Å². The highest BCUT2D eigenvalue weighted by Crippen LogP contribution is 2.27. The Morgan fingerprint density at radius 2 is 2.04 bits per heavy atom. The van der Waals surface area contributed by atoms with Gasteiger partial charge in [0.25, 0.3) is 0 Å². The maximum absolute atomic E-state index is 12.4. The predicted molar refractivity (Wildman–Crippen MR) is 95.7 cm³/mol. The van der Waals surface area contributed by atoms with E-state index in [1.165, 1.54) is 0 Å². The number of halogens is 1. The Bertz CT molecular complexity index is 688. The number of hydrogen-bond donors (Lipinski definition) is 1. The maximum atomic E-state index is 12.4. The van der Waals surface area contributed by atoms with Gasteiger partial charge < -0.3 is 15.0 Å². The quantitative estimate of drug-likeness (QED) is 0.865. The standard InChI is InChI=1S/C18H21ClN2O2/c1-4-21(15-7-5-6-13(2)10-15)12-18(22)20-16-11-14(19)8-9-17(16)23-3/h5-11H,4,12H2,1-3H3,(H,20,22). The van der Waals surface area contributed by atoms with E-state index in [1.807, 2.05) is 36.9 Å². The van der Waals surface area contributed by atoms with Crippen molar-refractivity contribution < 1.29 is 9.53 Å². The van der Waals surface area contributed by atoms with Crippen molar-refractivity contribution in [3.05, 3.63) is 53.1 Å². The molecule has 0 bridgehead atoms. The lowest BCUT2D eigenvalue weighted by molar-refractivity contribution is -0.115. The van der Waals surface area contributed by atoms with Crippen molar-refractivity contribution in [3.8, 4) is 5.75 Å². The van der Waals surface area contributed by atoms with Gasteiger partial charge in [0, 0.05) is 17.3 Å². The van der Waals surface area contributed by atoms with Crippen LogP contribution in [0, 0.1) is 6.92 Å². The minimum absolute atomic E-state index is 0.117. The monoisotopic (exact) mass is 332 g/mol. The molecule has 0 spiro atoms. The molecule has 2 aromatic rings. The van der Waals surface area contributed by atoms with Crippen LogP contribution in [0.3, 0.4) is 0 Å². The number of carbonyl (C=O) groups is 1. The molecule has 0 aliphatic carbocycles. The highest BCUT2D eigenvalue weighted by Gasteiger charge is 2.13. The lowest BCUT2D eigenvalue weighted by atomic mass is 10.2. The fourth-order valence-electron chi connectivity index (χ4n) is 2.35. The van der Waals surface area contributed by atoms with Crippen LogP contribution >= 0.6 is 11.6 Å². The number of hydrogen-bond acceptors (Lipinski definition) is 3. The normalized spacial score (nSPS) is 10.3. The van der Waals surface area contributed by atoms with Gasteiger partial charge >= 0.3 is 0 Å². The molecule has 0 fully saturated rings. The number of anilines is 2. The fourth-order valence-corrected chi connectivity index (χ4v) is 2.52. The second-order valence-electron chi connectivity index (χ2n) is 5.25. The Kier molecular flexibility index (Phi) is 5.88. The zero-order chi connectivity index (χ0) is 16.8. The molecule has 1 amide bonds. The van der Waals surface area contributed by atoms with Gasteiger partial charge in [-0.2, -0.15) is 0 Å². The summed E-state index contributed by atoms with van der Waals surface area (Å²) in [4.78, 5) is 14.4. The van der Waals surface area contributed by atoms with Gasteiger partial charge in [-0.1, -0.05) is 23.7 Å². The van der Waals surface area contributed by atoms with E-state index in [0.29, 0.717) is 16.5 Å². The largest absolute Gasteiger partial charge is 0.495 e. The van der Waals surface area contributed by atoms with Crippen molar-refractivity contribution in [1.29, 1.82) is 0 Å². The Labute approximate surface area is 142 Å². The summed E-state index contributed by atoms with van der Waals surface area (Å²) in [6, 6.07) is 13.2. The summed E-state index contributed by atoms with van der Waals surface area (Å²) in [5.74, 6) is 0.468. The van der Waals surface area contributed by atoms with Crippen molar-refractivity contribution in [3.63, 3.8) is 0 Å². The molecule has 0 heterocycles. The average molecular weight is 333 g/mol. The SMILES string of the molecule is CCN(CC(=O)Nc1cc(Cl)ccc1OC)c1cccc(C)c1. The molecule has 122 valence electrons. The zero-order valence-electron chi connectivity index (χ0n) is 13.6. The number of benzene rings is 2. The van der Waals surface area contributed by atoms with Gasteiger partial charge in [0.15, 0.2) is 0 Å². The van der Waals surface area contributed by atoms with Crippen LogP contribution in [0.25, 0.3) is 0 Å². The minimum atomic E-state index is -0.117. The molecule has 0 aliphatic heterocycles. The molecule has 0 atom stereocenters. The molecule has 1 N–H and O–H groups in total. The van der Waals surface area contributed by atoms with Gasteiger partial charge in [0.2, 0.25) is 5.91 Å². The number of methoxy groups -OCH3 is 1. The van der Waals surface area contributed by atoms with Crippen LogP contribution in [-0.4, -0.2) is 26.1 Å². The maximum Gasteiger partial charge on any atom is 0.243 e. The van der Waals surface area contributed by atoms with E-state index in [9.17, 15) is 4.79 Å². The molecule has 0 unspecified atom stereocenters. The van der Waals surface area contributed by atoms with Gasteiger partial charge in [-0.05, 0) is 49.7 Å². The van der Waals surface area contributed by atoms with Crippen LogP contribution < -0.4 is 15.0 Å². The summed E-state index contributed by atoms with van der Waals surface area (Å²) < 4.78 is 5.25. The van der Waals surface area contributed by atoms with E-state index < -0.39 is 0 Å². The van der Waals surface area contributed by atoms with Gasteiger partial charge in [0.05, 0.1) is 19.3 Å². The molecule has 4 nitrogen and oxygen atoms in total. The van der Waals surface area contributed by atoms with Crippen LogP contribution in [-0.2, 0) is 4.79 Å². The molecule has 0 radical (unpaired) electrons. The number of aryl methyl sites for hydroxylation is 1. The summed E-state index contributed by atoms with van der Waals surface area (Å²) >= 11 is 5.99. The molecule has 2 rings (SSSR count). The van der Waals surface area contributed by atoms with Crippen molar-refractivity contribution in [1.82, 2.24) is 0 Å². The smallest absolute Gasteiger partial charge is 0.243 e. The van der Waals surface area contributed by atoms with Crippen molar-refractivity contribution in [2.24, 2.45) is 0 Å². The Hall–Kier alpha value is -2.20. The lowest BCUT2D eigenvalue weighted by Gasteiger charge is -2.23. The van der Waals surface area contributed by atoms with Crippen LogP contribution in [0.1, 0.15) is 12.5 Å². The van der Waals surface area contributed by atoms with Crippen molar-refractivity contribution >= 4 is 28.9 Å². The molecular weight excluding hydrogens is 312 g/mol. The zero-order valence-corrected chi connectivity index (χ0v) is 14.4. The molecular formula is C18H21ClN2O2. The summed E-state index contributed by atoms with van der Waals surface area (Å²) in [5, 5.41) is 3.41. The average Bonchev–Trinajstić information content (AvgIpc) is 2.53. The number of likely N-dealkylation sites (N-methyl/N-ethyl adjacent to an activating group) is 1. The Morgan fingerprint density at radius 3 is 2.70 bits per heavy atom. The first-order chi connectivity index (χ1) is 11.0. The van der Waals surface area contributed by atoms with E-state index in [-0.39, 0.29) is 12.5 Å². The molecule has 0 saturated heterocycles. The molecule has 0 saturated carbocycles. The number of nitrogens with zero attached hydrogens (tertiary/aromatic N) is 1. The Balaban J connectivity index is 2.10. The van der Waals surface area contributed by atoms with Gasteiger partial charge in [0.1, 0.15) is 5.75 Å². The number of rotatable bonds is 6. The minimum Gasteiger partial charge on any atom is -0.495 e. The van der Waals surface area contributed by atoms with E-state index in [0.717, 1.165) is 17.8 Å². The second-order valence-corrected chi connectivity index (χ2v) is 5.68. The molecule has 23 heavy (non-hydrogen) atoms. The lowest BCUT2D eigenvalue weighted by Crippen LogP contribution is -2.33. The van der Waals surface area contributed by atoms with Crippen molar-refractivity contribution in [2.45, 2.75) is 13.8 Å². The van der Waals surface area contributed by atoms with Gasteiger partial charge in [-0.3, -0.25) is 4.79 Å². The van der Waals surface area contributed by atoms with E-state index in [4.69, 9.17) is 16.3 Å². The third-order valence-corrected chi connectivity index (χ3v) is 3.75. The van der Waals surface area contributed by atoms with Crippen LogP contribution in [0.5, 0.6) is 5.75 Å². The highest BCUT2D eigenvalue weighted by atomic mass is 35.5. The third kappa shape index (κ3) is 4.63. The highest BCUT2D eigenvalue weighted by molar-refractivity contribution is 6.31. The first kappa shape index (κ1) is 17.2. The number of carbonyl (C=O) groups excluding carboxylic acids is 1. The molecule has 0 aliphatic rings. The topological polar surface area (TPSA) is 41.6 Å². The molecule has 0 aromatic heterocycles. The van der Waals surface area contributed by atoms with Crippen molar-refractivity contribution in [2.75, 3.05) is 30.4 Å². The summed E-state index contributed by atoms with van der Waals surface area (Å²) in [6.45, 7) is 5.06. The van der Waals surface area contributed by atoms with E-state index in [2.05, 4.69) is 11.4 Å². The molecule has 2 aromatic carbocycles. The summed E-state index contributed by atoms with van der Waals surface area (Å²) in [5.41, 5.74) is 2.77. The van der Waals surface area contributed by atoms with Crippen LogP contribution in [0.4, 0.5) is 11.4 Å².